The number of ether oxygens (including phenoxy) is 2. The number of aliphatic hydroxyl groups excluding tert-OH is 1. The van der Waals surface area contributed by atoms with Gasteiger partial charge in [-0.05, 0) is 32.5 Å². The molecule has 2 saturated heterocycles. The lowest BCUT2D eigenvalue weighted by Gasteiger charge is -2.31. The van der Waals surface area contributed by atoms with Gasteiger partial charge in [0.05, 0.1) is 12.7 Å². The molecule has 2 aliphatic heterocycles. The summed E-state index contributed by atoms with van der Waals surface area (Å²) in [5.74, 6) is -0.659. The van der Waals surface area contributed by atoms with Crippen LogP contribution in [0.25, 0.3) is 0 Å². The molecule has 1 amide bonds. The van der Waals surface area contributed by atoms with Crippen LogP contribution in [0.4, 0.5) is 4.79 Å². The maximum absolute atomic E-state index is 12.5. The van der Waals surface area contributed by atoms with Crippen molar-refractivity contribution in [3.05, 3.63) is 0 Å². The summed E-state index contributed by atoms with van der Waals surface area (Å²) < 4.78 is 11.0. The summed E-state index contributed by atoms with van der Waals surface area (Å²) in [4.78, 5) is 41.5. The highest BCUT2D eigenvalue weighted by Gasteiger charge is 2.52. The Hall–Kier alpha value is -1.45. The van der Waals surface area contributed by atoms with Crippen LogP contribution >= 0.6 is 11.8 Å². The summed E-state index contributed by atoms with van der Waals surface area (Å²) in [6.07, 6.45) is -2.55. The molecule has 2 rings (SSSR count). The van der Waals surface area contributed by atoms with E-state index < -0.39 is 35.8 Å². The zero-order valence-corrected chi connectivity index (χ0v) is 14.9. The van der Waals surface area contributed by atoms with Crippen LogP contribution in [-0.4, -0.2) is 69.2 Å². The van der Waals surface area contributed by atoms with Gasteiger partial charge in [-0.3, -0.25) is 24.3 Å². The van der Waals surface area contributed by atoms with E-state index in [-0.39, 0.29) is 24.1 Å². The Kier molecular flexibility index (Phi) is 6.00. The van der Waals surface area contributed by atoms with Crippen LogP contribution in [-0.2, 0) is 19.1 Å². The zero-order valence-electron chi connectivity index (χ0n) is 14.1. The lowest BCUT2D eigenvalue weighted by atomic mass is 10.1. The lowest BCUT2D eigenvalue weighted by molar-refractivity contribution is -0.156. The Morgan fingerprint density at radius 3 is 2.54 bits per heavy atom. The smallest absolute Gasteiger partial charge is 0.303 e. The van der Waals surface area contributed by atoms with E-state index in [0.717, 1.165) is 11.8 Å². The van der Waals surface area contributed by atoms with E-state index in [4.69, 9.17) is 9.47 Å². The average Bonchev–Trinajstić information content (AvgIpc) is 2.99. The standard InChI is InChI=1S/C15H22N2O6S/c1-7(2)16-13-12(8(3)19)24-15(21)17(13)14-11(22-9(4)20)5-10(6-18)23-14/h10-14,18H,5-6H2,1-4H3/t10-,11+,12?,13?,14?/m0/s1. The molecule has 9 heteroatoms. The van der Waals surface area contributed by atoms with Gasteiger partial charge in [-0.2, -0.15) is 0 Å². The number of thioether (sulfide) groups is 1. The highest BCUT2D eigenvalue weighted by Crippen LogP contribution is 2.39. The van der Waals surface area contributed by atoms with Crippen LogP contribution < -0.4 is 0 Å². The molecule has 0 aliphatic carbocycles. The Balaban J connectivity index is 2.34. The summed E-state index contributed by atoms with van der Waals surface area (Å²) in [5, 5.41) is 8.35. The number of nitrogens with zero attached hydrogens (tertiary/aromatic N) is 2. The molecule has 134 valence electrons. The fourth-order valence-electron chi connectivity index (χ4n) is 2.82. The van der Waals surface area contributed by atoms with Crippen LogP contribution in [0.1, 0.15) is 34.1 Å². The minimum Gasteiger partial charge on any atom is -0.458 e. The van der Waals surface area contributed by atoms with E-state index in [1.165, 1.54) is 18.7 Å². The molecule has 0 radical (unpaired) electrons. The van der Waals surface area contributed by atoms with Crippen molar-refractivity contribution in [1.82, 2.24) is 4.90 Å². The molecule has 2 heterocycles. The summed E-state index contributed by atoms with van der Waals surface area (Å²) in [5.41, 5.74) is 0.715. The Labute approximate surface area is 144 Å². The monoisotopic (exact) mass is 358 g/mol. The SMILES string of the molecule is CC(=O)O[C@@H]1C[C@@H](CO)OC1N1C(=O)SC(C(C)=O)C1N=C(C)C. The van der Waals surface area contributed by atoms with Gasteiger partial charge in [0.15, 0.2) is 6.23 Å². The summed E-state index contributed by atoms with van der Waals surface area (Å²) >= 11 is 0.896. The largest absolute Gasteiger partial charge is 0.458 e. The van der Waals surface area contributed by atoms with Crippen LogP contribution in [0.15, 0.2) is 4.99 Å². The van der Waals surface area contributed by atoms with Gasteiger partial charge in [0.1, 0.15) is 23.3 Å². The fraction of sp³-hybridized carbons (Fsp3) is 0.733. The normalized spacial score (nSPS) is 32.8. The summed E-state index contributed by atoms with van der Waals surface area (Å²) in [6, 6.07) is 0. The fourth-order valence-corrected chi connectivity index (χ4v) is 3.85. The first-order valence-corrected chi connectivity index (χ1v) is 8.56. The van der Waals surface area contributed by atoms with Gasteiger partial charge in [-0.15, -0.1) is 0 Å². The molecule has 5 atom stereocenters. The highest BCUT2D eigenvalue weighted by molar-refractivity contribution is 8.15. The molecule has 3 unspecified atom stereocenters. The number of aliphatic imine (C=N–C) groups is 1. The molecular weight excluding hydrogens is 336 g/mol. The second-order valence-electron chi connectivity index (χ2n) is 6.03. The molecule has 2 aliphatic rings. The van der Waals surface area contributed by atoms with Gasteiger partial charge in [0.25, 0.3) is 5.24 Å². The first kappa shape index (κ1) is 18.9. The molecular formula is C15H22N2O6S. The Morgan fingerprint density at radius 1 is 1.38 bits per heavy atom. The van der Waals surface area contributed by atoms with Crippen molar-refractivity contribution >= 4 is 34.5 Å². The molecule has 1 N–H and O–H groups in total. The molecule has 0 saturated carbocycles. The number of esters is 1. The van der Waals surface area contributed by atoms with Gasteiger partial charge in [-0.1, -0.05) is 0 Å². The maximum atomic E-state index is 12.5. The zero-order chi connectivity index (χ0) is 18.0. The number of hydrogen-bond acceptors (Lipinski definition) is 8. The number of hydrogen-bond donors (Lipinski definition) is 1. The third-order valence-electron chi connectivity index (χ3n) is 3.73. The molecule has 0 aromatic rings. The summed E-state index contributed by atoms with van der Waals surface area (Å²) in [6.45, 7) is 5.99. The predicted octanol–water partition coefficient (Wildman–Crippen LogP) is 0.959. The maximum Gasteiger partial charge on any atom is 0.303 e. The van der Waals surface area contributed by atoms with E-state index in [0.29, 0.717) is 5.71 Å². The van der Waals surface area contributed by atoms with Gasteiger partial charge in [-0.25, -0.2) is 0 Å². The first-order valence-electron chi connectivity index (χ1n) is 7.68. The second kappa shape index (κ2) is 7.62. The Morgan fingerprint density at radius 2 is 2.04 bits per heavy atom. The lowest BCUT2D eigenvalue weighted by Crippen LogP contribution is -2.49. The van der Waals surface area contributed by atoms with Crippen LogP contribution in [0, 0.1) is 0 Å². The number of Topliss-reactive ketones (excluding diaryl/α,β-unsaturated/α-hetero) is 1. The molecule has 0 bridgehead atoms. The average molecular weight is 358 g/mol. The van der Waals surface area contributed by atoms with E-state index in [1.807, 2.05) is 0 Å². The number of carbonyl (C=O) groups is 3. The highest BCUT2D eigenvalue weighted by atomic mass is 32.2. The van der Waals surface area contributed by atoms with Crippen LogP contribution in [0.3, 0.4) is 0 Å². The summed E-state index contributed by atoms with van der Waals surface area (Å²) in [7, 11) is 0. The molecule has 0 aromatic carbocycles. The third-order valence-corrected chi connectivity index (χ3v) is 4.97. The number of ketones is 1. The Bertz CT molecular complexity index is 562. The second-order valence-corrected chi connectivity index (χ2v) is 7.12. The minimum atomic E-state index is -0.872. The van der Waals surface area contributed by atoms with Gasteiger partial charge < -0.3 is 14.6 Å². The van der Waals surface area contributed by atoms with Gasteiger partial charge >= 0.3 is 5.97 Å². The van der Waals surface area contributed by atoms with Crippen molar-refractivity contribution in [2.75, 3.05) is 6.61 Å². The van der Waals surface area contributed by atoms with Gasteiger partial charge in [0, 0.05) is 19.1 Å². The number of amides is 1. The first-order chi connectivity index (χ1) is 11.2. The van der Waals surface area contributed by atoms with E-state index in [2.05, 4.69) is 4.99 Å². The molecule has 2 fully saturated rings. The van der Waals surface area contributed by atoms with E-state index in [9.17, 15) is 19.5 Å². The number of rotatable bonds is 5. The van der Waals surface area contributed by atoms with Crippen molar-refractivity contribution in [1.29, 1.82) is 0 Å². The molecule has 0 spiro atoms. The van der Waals surface area contributed by atoms with Crippen molar-refractivity contribution < 1.29 is 29.0 Å². The quantitative estimate of drug-likeness (QED) is 0.576. The molecule has 24 heavy (non-hydrogen) atoms. The molecule has 0 aromatic heterocycles. The van der Waals surface area contributed by atoms with Crippen molar-refractivity contribution in [3.63, 3.8) is 0 Å². The van der Waals surface area contributed by atoms with Crippen molar-refractivity contribution in [2.24, 2.45) is 4.99 Å². The van der Waals surface area contributed by atoms with Crippen molar-refractivity contribution in [2.45, 2.75) is 64.0 Å². The molecule has 8 nitrogen and oxygen atoms in total. The number of aliphatic hydroxyl groups is 1. The van der Waals surface area contributed by atoms with Crippen LogP contribution in [0.5, 0.6) is 0 Å². The minimum absolute atomic E-state index is 0.161. The third kappa shape index (κ3) is 3.96. The number of carbonyl (C=O) groups excluding carboxylic acids is 3. The topological polar surface area (TPSA) is 106 Å². The predicted molar refractivity (Wildman–Crippen MR) is 87.8 cm³/mol. The van der Waals surface area contributed by atoms with E-state index in [1.54, 1.807) is 13.8 Å². The van der Waals surface area contributed by atoms with E-state index >= 15 is 0 Å². The van der Waals surface area contributed by atoms with Gasteiger partial charge in [0.2, 0.25) is 0 Å². The van der Waals surface area contributed by atoms with Crippen molar-refractivity contribution in [3.8, 4) is 0 Å². The van der Waals surface area contributed by atoms with Crippen LogP contribution in [0.2, 0.25) is 0 Å².